The van der Waals surface area contributed by atoms with Crippen LogP contribution >= 0.6 is 78.3 Å². The number of halogens is 6. The van der Waals surface area contributed by atoms with Crippen molar-refractivity contribution in [2.75, 3.05) is 0 Å². The molecule has 38 heavy (non-hydrogen) atoms. The normalized spacial score (nSPS) is 13.1. The molecular weight excluding hydrogens is 793 g/mol. The van der Waals surface area contributed by atoms with Gasteiger partial charge in [0.15, 0.2) is 0 Å². The molecule has 1 aliphatic rings. The van der Waals surface area contributed by atoms with Crippen molar-refractivity contribution in [3.05, 3.63) is 124 Å². The molecule has 0 N–H and O–H groups in total. The van der Waals surface area contributed by atoms with Crippen molar-refractivity contribution in [2.45, 2.75) is 17.3 Å². The van der Waals surface area contributed by atoms with Gasteiger partial charge in [-0.05, 0) is 47.5 Å². The summed E-state index contributed by atoms with van der Waals surface area (Å²) in [5, 5.41) is 3.02. The first-order chi connectivity index (χ1) is 17.5. The van der Waals surface area contributed by atoms with Gasteiger partial charge in [-0.3, -0.25) is 0 Å². The summed E-state index contributed by atoms with van der Waals surface area (Å²) in [5.41, 5.74) is 4.57. The Morgan fingerprint density at radius 2 is 0.895 bits per heavy atom. The molecule has 0 fully saturated rings. The van der Waals surface area contributed by atoms with Crippen LogP contribution in [0.15, 0.2) is 81.7 Å². The molecule has 196 valence electrons. The second-order valence-corrected chi connectivity index (χ2v) is 24.9. The maximum absolute atomic E-state index is 6.13. The van der Waals surface area contributed by atoms with Gasteiger partial charge in [-0.2, -0.15) is 0 Å². The average Bonchev–Trinajstić information content (AvgIpc) is 2.95. The minimum atomic E-state index is -2.55. The van der Waals surface area contributed by atoms with Crippen LogP contribution in [-0.4, -0.2) is 18.4 Å². The minimum absolute atomic E-state index is 0. The van der Waals surface area contributed by atoms with Crippen molar-refractivity contribution in [1.82, 2.24) is 0 Å². The van der Waals surface area contributed by atoms with Gasteiger partial charge >= 0.3 is 128 Å². The van der Waals surface area contributed by atoms with Crippen LogP contribution in [0, 0.1) is 0 Å². The van der Waals surface area contributed by atoms with Crippen molar-refractivity contribution in [3.8, 4) is 0 Å². The summed E-state index contributed by atoms with van der Waals surface area (Å²) >= 11 is 28.6. The first-order valence-electron chi connectivity index (χ1n) is 11.4. The third kappa shape index (κ3) is 7.72. The van der Waals surface area contributed by atoms with Gasteiger partial charge in [-0.25, -0.2) is 0 Å². The molecule has 4 aromatic rings. The molecule has 1 heterocycles. The fourth-order valence-corrected chi connectivity index (χ4v) is 14.4. The monoisotopic (exact) mass is 816 g/mol. The van der Waals surface area contributed by atoms with E-state index in [1.165, 1.54) is 18.3 Å². The van der Waals surface area contributed by atoms with Gasteiger partial charge in [-0.1, -0.05) is 74.6 Å². The van der Waals surface area contributed by atoms with Gasteiger partial charge in [0.25, 0.3) is 0 Å². The Labute approximate surface area is 266 Å². The standard InChI is InChI=1S/C14H8Br2Cl2.C14H8Cl2.CH4.2CH3.Sn/c15-13-5-3-11(17)7-9(13)1-2-10-8-12(18)4-6-14(10)16;15-13-5-1-3-11(9-13)7-8-12-4-2-6-14(16)10-12;;;;/h1-8H;1-2,5-10H;1H4;2*1H3;/b2-1-;;;;;. The molecule has 0 aromatic heterocycles. The van der Waals surface area contributed by atoms with Crippen LogP contribution in [0.5, 0.6) is 0 Å². The molecule has 0 aliphatic carbocycles. The summed E-state index contributed by atoms with van der Waals surface area (Å²) < 4.78 is 5.00. The van der Waals surface area contributed by atoms with Gasteiger partial charge in [0, 0.05) is 19.0 Å². The van der Waals surface area contributed by atoms with Crippen LogP contribution in [0.3, 0.4) is 0 Å². The molecule has 0 nitrogen and oxygen atoms in total. The Morgan fingerprint density at radius 3 is 1.29 bits per heavy atom. The Morgan fingerprint density at radius 1 is 0.553 bits per heavy atom. The molecule has 0 saturated carbocycles. The fraction of sp³-hybridized carbons (Fsp3) is 0.0968. The SMILES string of the molecule is C.Clc1ccc(Br)c(/C=C\c2cc(Cl)ccc2Br)c1.[CH3][Sn]1([CH3])[c]2ccc(Cl)cc2C=Cc2cc(Cl)cc[c]21. The van der Waals surface area contributed by atoms with Gasteiger partial charge in [-0.15, -0.1) is 0 Å². The molecule has 0 unspecified atom stereocenters. The van der Waals surface area contributed by atoms with E-state index < -0.39 is 18.4 Å². The van der Waals surface area contributed by atoms with Gasteiger partial charge < -0.3 is 0 Å². The third-order valence-electron chi connectivity index (χ3n) is 6.17. The predicted molar refractivity (Wildman–Crippen MR) is 183 cm³/mol. The predicted octanol–water partition coefficient (Wildman–Crippen LogP) is 11.6. The zero-order valence-corrected chi connectivity index (χ0v) is 29.1. The number of fused-ring (bicyclic) bond motifs is 2. The summed E-state index contributed by atoms with van der Waals surface area (Å²) in [6, 6.07) is 23.9. The van der Waals surface area contributed by atoms with Crippen LogP contribution in [-0.2, 0) is 0 Å². The van der Waals surface area contributed by atoms with Gasteiger partial charge in [0.1, 0.15) is 0 Å². The van der Waals surface area contributed by atoms with Crippen LogP contribution in [0.25, 0.3) is 24.3 Å². The van der Waals surface area contributed by atoms with E-state index in [0.717, 1.165) is 30.1 Å². The van der Waals surface area contributed by atoms with E-state index in [1.807, 2.05) is 60.7 Å². The summed E-state index contributed by atoms with van der Waals surface area (Å²) in [7, 11) is 0. The Kier molecular flexibility index (Phi) is 11.5. The van der Waals surface area contributed by atoms with Crippen LogP contribution in [0.2, 0.25) is 30.0 Å². The van der Waals surface area contributed by atoms with E-state index in [1.54, 1.807) is 0 Å². The molecular formula is C31H26Br2Cl4Sn. The van der Waals surface area contributed by atoms with E-state index in [-0.39, 0.29) is 7.43 Å². The number of hydrogen-bond donors (Lipinski definition) is 0. The maximum atomic E-state index is 6.13. The van der Waals surface area contributed by atoms with Crippen molar-refractivity contribution in [3.63, 3.8) is 0 Å². The first kappa shape index (κ1) is 31.8. The van der Waals surface area contributed by atoms with E-state index in [4.69, 9.17) is 46.4 Å². The second kappa shape index (κ2) is 13.8. The van der Waals surface area contributed by atoms with E-state index >= 15 is 0 Å². The van der Waals surface area contributed by atoms with Crippen LogP contribution < -0.4 is 7.16 Å². The quantitative estimate of drug-likeness (QED) is 0.140. The molecule has 0 bridgehead atoms. The summed E-state index contributed by atoms with van der Waals surface area (Å²) in [6.07, 6.45) is 8.32. The summed E-state index contributed by atoms with van der Waals surface area (Å²) in [5.74, 6) is 0. The van der Waals surface area contributed by atoms with Crippen molar-refractivity contribution < 1.29 is 0 Å². The van der Waals surface area contributed by atoms with Crippen molar-refractivity contribution in [1.29, 1.82) is 0 Å². The average molecular weight is 819 g/mol. The van der Waals surface area contributed by atoms with Gasteiger partial charge in [0.2, 0.25) is 0 Å². The summed E-state index contributed by atoms with van der Waals surface area (Å²) in [4.78, 5) is 4.89. The molecule has 7 heteroatoms. The number of hydrogen-bond acceptors (Lipinski definition) is 0. The molecule has 0 saturated heterocycles. The van der Waals surface area contributed by atoms with E-state index in [0.29, 0.717) is 10.0 Å². The number of benzene rings is 4. The van der Waals surface area contributed by atoms with Crippen molar-refractivity contribution in [2.24, 2.45) is 0 Å². The zero-order chi connectivity index (χ0) is 26.7. The molecule has 0 atom stereocenters. The molecule has 0 radical (unpaired) electrons. The molecule has 0 amide bonds. The number of rotatable bonds is 2. The van der Waals surface area contributed by atoms with E-state index in [9.17, 15) is 0 Å². The first-order valence-corrected chi connectivity index (χ1v) is 23.1. The molecule has 4 aromatic carbocycles. The second-order valence-electron chi connectivity index (χ2n) is 9.09. The molecule has 5 rings (SSSR count). The van der Waals surface area contributed by atoms with E-state index in [2.05, 4.69) is 78.2 Å². The van der Waals surface area contributed by atoms with Gasteiger partial charge in [0.05, 0.1) is 0 Å². The Bertz CT molecular complexity index is 1420. The third-order valence-corrected chi connectivity index (χ3v) is 18.8. The zero-order valence-electron chi connectivity index (χ0n) is 20.0. The summed E-state index contributed by atoms with van der Waals surface area (Å²) in [6.45, 7) is 0. The van der Waals surface area contributed by atoms with Crippen LogP contribution in [0.4, 0.5) is 0 Å². The Balaban J connectivity index is 0.000000206. The topological polar surface area (TPSA) is 0 Å². The molecule has 0 spiro atoms. The van der Waals surface area contributed by atoms with Crippen molar-refractivity contribution >= 4 is 128 Å². The van der Waals surface area contributed by atoms with Crippen LogP contribution in [0.1, 0.15) is 29.7 Å². The fourth-order valence-electron chi connectivity index (χ4n) is 4.27. The molecule has 1 aliphatic heterocycles. The Hall–Kier alpha value is -0.721.